The van der Waals surface area contributed by atoms with Crippen molar-refractivity contribution in [2.24, 2.45) is 0 Å². The molecule has 4 nitrogen and oxygen atoms in total. The van der Waals surface area contributed by atoms with Crippen molar-refractivity contribution >= 4 is 5.97 Å². The van der Waals surface area contributed by atoms with Gasteiger partial charge in [0, 0.05) is 18.6 Å². The molecule has 1 atom stereocenters. The molecule has 2 rings (SSSR count). The van der Waals surface area contributed by atoms with Crippen LogP contribution in [0.5, 0.6) is 0 Å². The zero-order chi connectivity index (χ0) is 11.5. The molecule has 0 bridgehead atoms. The molecule has 1 unspecified atom stereocenters. The molecule has 0 radical (unpaired) electrons. The minimum atomic E-state index is -0.711. The highest BCUT2D eigenvalue weighted by atomic mass is 16.4. The number of aliphatic carboxylic acids is 1. The summed E-state index contributed by atoms with van der Waals surface area (Å²) in [5, 5.41) is 12.4. The molecule has 2 aliphatic carbocycles. The van der Waals surface area contributed by atoms with Gasteiger partial charge in [-0.2, -0.15) is 0 Å². The fourth-order valence-electron chi connectivity index (χ4n) is 2.52. The van der Waals surface area contributed by atoms with Crippen LogP contribution in [-0.4, -0.2) is 47.7 Å². The number of nitrogens with one attached hydrogen (secondary N) is 1. The van der Waals surface area contributed by atoms with Crippen molar-refractivity contribution in [2.45, 2.75) is 56.7 Å². The largest absolute Gasteiger partial charge is 0.480 e. The number of nitrogens with zero attached hydrogens (tertiary/aromatic N) is 1. The first-order valence-corrected chi connectivity index (χ1v) is 6.36. The van der Waals surface area contributed by atoms with Crippen molar-refractivity contribution in [1.82, 2.24) is 10.2 Å². The van der Waals surface area contributed by atoms with Crippen molar-refractivity contribution in [3.8, 4) is 0 Å². The van der Waals surface area contributed by atoms with Gasteiger partial charge in [0.15, 0.2) is 0 Å². The van der Waals surface area contributed by atoms with Crippen LogP contribution in [0.3, 0.4) is 0 Å². The molecule has 2 aliphatic rings. The van der Waals surface area contributed by atoms with Crippen LogP contribution in [0.4, 0.5) is 0 Å². The maximum atomic E-state index is 11.1. The molecule has 2 N–H and O–H groups in total. The first kappa shape index (κ1) is 11.9. The average molecular weight is 226 g/mol. The van der Waals surface area contributed by atoms with Gasteiger partial charge in [0.25, 0.3) is 0 Å². The van der Waals surface area contributed by atoms with Gasteiger partial charge in [0.05, 0.1) is 0 Å². The second-order valence-electron chi connectivity index (χ2n) is 5.21. The molecule has 0 spiro atoms. The summed E-state index contributed by atoms with van der Waals surface area (Å²) < 4.78 is 0. The molecule has 0 heterocycles. The third kappa shape index (κ3) is 3.19. The highest BCUT2D eigenvalue weighted by molar-refractivity contribution is 5.73. The number of likely N-dealkylation sites (N-methyl/N-ethyl adjacent to an activating group) is 1. The molecule has 0 aromatic rings. The topological polar surface area (TPSA) is 52.6 Å². The quantitative estimate of drug-likeness (QED) is 0.711. The number of carboxylic acids is 1. The van der Waals surface area contributed by atoms with Gasteiger partial charge >= 0.3 is 5.97 Å². The minimum absolute atomic E-state index is 0.391. The lowest BCUT2D eigenvalue weighted by Gasteiger charge is -2.27. The lowest BCUT2D eigenvalue weighted by atomic mass is 10.2. The predicted octanol–water partition coefficient (Wildman–Crippen LogP) is 1.07. The number of hydrogen-bond acceptors (Lipinski definition) is 3. The van der Waals surface area contributed by atoms with E-state index in [0.717, 1.165) is 12.8 Å². The zero-order valence-corrected chi connectivity index (χ0v) is 9.98. The summed E-state index contributed by atoms with van der Waals surface area (Å²) in [5.41, 5.74) is 0. The lowest BCUT2D eigenvalue weighted by Crippen LogP contribution is -2.48. The number of carboxylic acid groups (broad SMARTS) is 1. The summed E-state index contributed by atoms with van der Waals surface area (Å²) >= 11 is 0. The number of carbonyl (C=O) groups is 1. The Hall–Kier alpha value is -0.610. The zero-order valence-electron chi connectivity index (χ0n) is 9.98. The summed E-state index contributed by atoms with van der Waals surface area (Å²) in [6.07, 6.45) is 7.32. The Kier molecular flexibility index (Phi) is 3.82. The Labute approximate surface area is 97.0 Å². The molecular weight excluding hydrogens is 204 g/mol. The monoisotopic (exact) mass is 226 g/mol. The van der Waals surface area contributed by atoms with E-state index in [4.69, 9.17) is 5.11 Å². The summed E-state index contributed by atoms with van der Waals surface area (Å²) in [5.74, 6) is -0.711. The lowest BCUT2D eigenvalue weighted by molar-refractivity contribution is -0.140. The SMILES string of the molecule is CN(CC(NC1CC1)C(=O)O)C1CCCC1. The maximum Gasteiger partial charge on any atom is 0.322 e. The molecule has 0 aromatic heterocycles. The first-order chi connectivity index (χ1) is 7.66. The van der Waals surface area contributed by atoms with Gasteiger partial charge in [0.2, 0.25) is 0 Å². The second kappa shape index (κ2) is 5.15. The van der Waals surface area contributed by atoms with Crippen molar-refractivity contribution in [1.29, 1.82) is 0 Å². The standard InChI is InChI=1S/C12H22N2O2/c1-14(10-4-2-3-5-10)8-11(12(15)16)13-9-6-7-9/h9-11,13H,2-8H2,1H3,(H,15,16). The summed E-state index contributed by atoms with van der Waals surface area (Å²) in [6, 6.07) is 0.666. The fraction of sp³-hybridized carbons (Fsp3) is 0.917. The molecule has 0 saturated heterocycles. The van der Waals surface area contributed by atoms with E-state index in [1.165, 1.54) is 25.7 Å². The normalized spacial score (nSPS) is 23.9. The van der Waals surface area contributed by atoms with Crippen LogP contribution in [0.15, 0.2) is 0 Å². The van der Waals surface area contributed by atoms with Crippen LogP contribution in [0.1, 0.15) is 38.5 Å². The molecular formula is C12H22N2O2. The Morgan fingerprint density at radius 1 is 1.38 bits per heavy atom. The summed E-state index contributed by atoms with van der Waals surface area (Å²) in [7, 11) is 2.06. The number of hydrogen-bond donors (Lipinski definition) is 2. The smallest absolute Gasteiger partial charge is 0.322 e. The van der Waals surface area contributed by atoms with E-state index in [2.05, 4.69) is 17.3 Å². The van der Waals surface area contributed by atoms with Gasteiger partial charge < -0.3 is 15.3 Å². The van der Waals surface area contributed by atoms with E-state index in [0.29, 0.717) is 18.6 Å². The van der Waals surface area contributed by atoms with Crippen molar-refractivity contribution in [3.63, 3.8) is 0 Å². The predicted molar refractivity (Wildman–Crippen MR) is 62.5 cm³/mol. The molecule has 92 valence electrons. The van der Waals surface area contributed by atoms with Crippen LogP contribution >= 0.6 is 0 Å². The fourth-order valence-corrected chi connectivity index (χ4v) is 2.52. The van der Waals surface area contributed by atoms with Gasteiger partial charge in [-0.05, 0) is 32.7 Å². The number of rotatable bonds is 6. The Morgan fingerprint density at radius 2 is 2.00 bits per heavy atom. The highest BCUT2D eigenvalue weighted by Crippen LogP contribution is 2.23. The summed E-state index contributed by atoms with van der Waals surface area (Å²) in [4.78, 5) is 13.3. The van der Waals surface area contributed by atoms with Gasteiger partial charge in [-0.3, -0.25) is 4.79 Å². The highest BCUT2D eigenvalue weighted by Gasteiger charge is 2.30. The molecule has 4 heteroatoms. The van der Waals surface area contributed by atoms with Gasteiger partial charge in [-0.25, -0.2) is 0 Å². The Balaban J connectivity index is 1.80. The van der Waals surface area contributed by atoms with E-state index < -0.39 is 12.0 Å². The van der Waals surface area contributed by atoms with Gasteiger partial charge in [0.1, 0.15) is 6.04 Å². The van der Waals surface area contributed by atoms with Gasteiger partial charge in [-0.1, -0.05) is 12.8 Å². The average Bonchev–Trinajstić information content (AvgIpc) is 2.89. The van der Waals surface area contributed by atoms with E-state index in [9.17, 15) is 4.79 Å². The third-order valence-corrected chi connectivity index (χ3v) is 3.73. The first-order valence-electron chi connectivity index (χ1n) is 6.36. The molecule has 0 amide bonds. The third-order valence-electron chi connectivity index (χ3n) is 3.73. The van der Waals surface area contributed by atoms with Crippen LogP contribution < -0.4 is 5.32 Å². The van der Waals surface area contributed by atoms with Crippen molar-refractivity contribution in [3.05, 3.63) is 0 Å². The van der Waals surface area contributed by atoms with Crippen LogP contribution in [0.25, 0.3) is 0 Å². The molecule has 0 aromatic carbocycles. The Morgan fingerprint density at radius 3 is 2.50 bits per heavy atom. The van der Waals surface area contributed by atoms with E-state index in [-0.39, 0.29) is 0 Å². The van der Waals surface area contributed by atoms with Crippen LogP contribution in [0.2, 0.25) is 0 Å². The second-order valence-corrected chi connectivity index (χ2v) is 5.21. The van der Waals surface area contributed by atoms with Crippen molar-refractivity contribution in [2.75, 3.05) is 13.6 Å². The molecule has 16 heavy (non-hydrogen) atoms. The van der Waals surface area contributed by atoms with Crippen LogP contribution in [0, 0.1) is 0 Å². The molecule has 0 aliphatic heterocycles. The van der Waals surface area contributed by atoms with E-state index >= 15 is 0 Å². The van der Waals surface area contributed by atoms with Crippen molar-refractivity contribution < 1.29 is 9.90 Å². The van der Waals surface area contributed by atoms with E-state index in [1.54, 1.807) is 0 Å². The maximum absolute atomic E-state index is 11.1. The molecule has 2 saturated carbocycles. The van der Waals surface area contributed by atoms with E-state index in [1.807, 2.05) is 0 Å². The van der Waals surface area contributed by atoms with Gasteiger partial charge in [-0.15, -0.1) is 0 Å². The summed E-state index contributed by atoms with van der Waals surface area (Å²) in [6.45, 7) is 0.635. The minimum Gasteiger partial charge on any atom is -0.480 e. The molecule has 2 fully saturated rings. The van der Waals surface area contributed by atoms with Crippen LogP contribution in [-0.2, 0) is 4.79 Å². The Bertz CT molecular complexity index is 247.